The Kier molecular flexibility index (Phi) is 4.68. The van der Waals surface area contributed by atoms with E-state index in [4.69, 9.17) is 15.2 Å². The summed E-state index contributed by atoms with van der Waals surface area (Å²) >= 11 is 0. The standard InChI is InChI=1S/C14H15N3O4/c1-20-14-11(3-2-6-16-14)9-21-13-7-10(8-15)4-5-12(13)17(18)19/h2-7H,8-9,15H2,1H3. The van der Waals surface area contributed by atoms with Gasteiger partial charge < -0.3 is 15.2 Å². The summed E-state index contributed by atoms with van der Waals surface area (Å²) < 4.78 is 10.7. The molecule has 1 aromatic carbocycles. The third kappa shape index (κ3) is 3.46. The molecule has 0 saturated carbocycles. The summed E-state index contributed by atoms with van der Waals surface area (Å²) in [5.74, 6) is 0.601. The van der Waals surface area contributed by atoms with Gasteiger partial charge in [-0.1, -0.05) is 6.07 Å². The molecule has 2 aromatic rings. The molecule has 7 heteroatoms. The highest BCUT2D eigenvalue weighted by atomic mass is 16.6. The van der Waals surface area contributed by atoms with Crippen LogP contribution < -0.4 is 15.2 Å². The van der Waals surface area contributed by atoms with Crippen molar-refractivity contribution in [1.29, 1.82) is 0 Å². The lowest BCUT2D eigenvalue weighted by molar-refractivity contribution is -0.386. The second kappa shape index (κ2) is 6.67. The Hall–Kier alpha value is -2.67. The monoisotopic (exact) mass is 289 g/mol. The lowest BCUT2D eigenvalue weighted by Gasteiger charge is -2.10. The molecule has 0 unspecified atom stereocenters. The van der Waals surface area contributed by atoms with Gasteiger partial charge in [0.05, 0.1) is 17.6 Å². The number of nitro groups is 1. The average molecular weight is 289 g/mol. The van der Waals surface area contributed by atoms with Crippen molar-refractivity contribution in [1.82, 2.24) is 4.98 Å². The smallest absolute Gasteiger partial charge is 0.310 e. The van der Waals surface area contributed by atoms with Gasteiger partial charge in [-0.15, -0.1) is 0 Å². The lowest BCUT2D eigenvalue weighted by atomic mass is 10.2. The molecule has 0 aliphatic carbocycles. The molecule has 1 aromatic heterocycles. The van der Waals surface area contributed by atoms with E-state index in [1.807, 2.05) is 0 Å². The molecule has 0 spiro atoms. The zero-order valence-electron chi connectivity index (χ0n) is 11.5. The molecule has 21 heavy (non-hydrogen) atoms. The van der Waals surface area contributed by atoms with Crippen molar-refractivity contribution in [3.8, 4) is 11.6 Å². The largest absolute Gasteiger partial charge is 0.482 e. The quantitative estimate of drug-likeness (QED) is 0.645. The van der Waals surface area contributed by atoms with E-state index in [2.05, 4.69) is 4.98 Å². The van der Waals surface area contributed by atoms with Crippen LogP contribution in [-0.2, 0) is 13.2 Å². The van der Waals surface area contributed by atoms with Gasteiger partial charge >= 0.3 is 5.69 Å². The van der Waals surface area contributed by atoms with Gasteiger partial charge in [0, 0.05) is 18.8 Å². The highest BCUT2D eigenvalue weighted by Crippen LogP contribution is 2.29. The van der Waals surface area contributed by atoms with E-state index in [-0.39, 0.29) is 24.6 Å². The zero-order chi connectivity index (χ0) is 15.2. The number of ether oxygens (including phenoxy) is 2. The molecular formula is C14H15N3O4. The molecular weight excluding hydrogens is 274 g/mol. The van der Waals surface area contributed by atoms with Crippen LogP contribution in [0.5, 0.6) is 11.6 Å². The van der Waals surface area contributed by atoms with Crippen molar-refractivity contribution in [2.24, 2.45) is 5.73 Å². The molecule has 0 fully saturated rings. The van der Waals surface area contributed by atoms with Crippen LogP contribution in [0, 0.1) is 10.1 Å². The minimum atomic E-state index is -0.490. The number of nitrogens with two attached hydrogens (primary N) is 1. The Morgan fingerprint density at radius 3 is 2.86 bits per heavy atom. The second-order valence-corrected chi connectivity index (χ2v) is 4.22. The van der Waals surface area contributed by atoms with Crippen LogP contribution in [0.15, 0.2) is 36.5 Å². The maximum absolute atomic E-state index is 11.0. The molecule has 2 rings (SSSR count). The first-order valence-corrected chi connectivity index (χ1v) is 6.23. The SMILES string of the molecule is COc1ncccc1COc1cc(CN)ccc1[N+](=O)[O-]. The number of pyridine rings is 1. The van der Waals surface area contributed by atoms with Crippen molar-refractivity contribution in [2.75, 3.05) is 7.11 Å². The van der Waals surface area contributed by atoms with Gasteiger partial charge in [0.2, 0.25) is 5.88 Å². The molecule has 7 nitrogen and oxygen atoms in total. The maximum Gasteiger partial charge on any atom is 0.310 e. The average Bonchev–Trinajstić information content (AvgIpc) is 2.52. The van der Waals surface area contributed by atoms with Crippen LogP contribution in [0.2, 0.25) is 0 Å². The third-order valence-corrected chi connectivity index (χ3v) is 2.88. The fourth-order valence-electron chi connectivity index (χ4n) is 1.83. The highest BCUT2D eigenvalue weighted by Gasteiger charge is 2.16. The Morgan fingerprint density at radius 2 is 2.19 bits per heavy atom. The summed E-state index contributed by atoms with van der Waals surface area (Å²) in [6, 6.07) is 8.09. The van der Waals surface area contributed by atoms with E-state index < -0.39 is 4.92 Å². The van der Waals surface area contributed by atoms with Crippen LogP contribution in [0.3, 0.4) is 0 Å². The molecule has 0 aliphatic rings. The summed E-state index contributed by atoms with van der Waals surface area (Å²) in [5.41, 5.74) is 6.90. The van der Waals surface area contributed by atoms with Crippen LogP contribution >= 0.6 is 0 Å². The lowest BCUT2D eigenvalue weighted by Crippen LogP contribution is -2.03. The van der Waals surface area contributed by atoms with Crippen molar-refractivity contribution in [3.63, 3.8) is 0 Å². The third-order valence-electron chi connectivity index (χ3n) is 2.88. The zero-order valence-corrected chi connectivity index (χ0v) is 11.5. The molecule has 0 saturated heterocycles. The second-order valence-electron chi connectivity index (χ2n) is 4.22. The molecule has 0 bridgehead atoms. The van der Waals surface area contributed by atoms with Gasteiger partial charge in [-0.2, -0.15) is 0 Å². The topological polar surface area (TPSA) is 101 Å². The van der Waals surface area contributed by atoms with Crippen molar-refractivity contribution in [2.45, 2.75) is 13.2 Å². The Bertz CT molecular complexity index is 646. The number of rotatable bonds is 6. The van der Waals surface area contributed by atoms with Gasteiger partial charge in [0.15, 0.2) is 5.75 Å². The van der Waals surface area contributed by atoms with Gasteiger partial charge in [0.25, 0.3) is 0 Å². The Morgan fingerprint density at radius 1 is 1.38 bits per heavy atom. The van der Waals surface area contributed by atoms with Crippen LogP contribution in [-0.4, -0.2) is 17.0 Å². The number of nitro benzene ring substituents is 1. The van der Waals surface area contributed by atoms with E-state index in [1.54, 1.807) is 30.5 Å². The van der Waals surface area contributed by atoms with Gasteiger partial charge in [0.1, 0.15) is 6.61 Å². The molecule has 0 atom stereocenters. The number of hydrogen-bond acceptors (Lipinski definition) is 6. The molecule has 2 N–H and O–H groups in total. The van der Waals surface area contributed by atoms with Gasteiger partial charge in [-0.05, 0) is 23.8 Å². The van der Waals surface area contributed by atoms with E-state index in [0.29, 0.717) is 11.4 Å². The predicted molar refractivity (Wildman–Crippen MR) is 76.1 cm³/mol. The Labute approximate surface area is 121 Å². The van der Waals surface area contributed by atoms with Gasteiger partial charge in [-0.25, -0.2) is 4.98 Å². The van der Waals surface area contributed by atoms with E-state index in [1.165, 1.54) is 13.2 Å². The van der Waals surface area contributed by atoms with E-state index in [9.17, 15) is 10.1 Å². The molecule has 0 radical (unpaired) electrons. The first kappa shape index (κ1) is 14.7. The van der Waals surface area contributed by atoms with Crippen LogP contribution in [0.25, 0.3) is 0 Å². The van der Waals surface area contributed by atoms with E-state index >= 15 is 0 Å². The summed E-state index contributed by atoms with van der Waals surface area (Å²) in [6.45, 7) is 0.399. The fourth-order valence-corrected chi connectivity index (χ4v) is 1.83. The van der Waals surface area contributed by atoms with Crippen LogP contribution in [0.4, 0.5) is 5.69 Å². The summed E-state index contributed by atoms with van der Waals surface area (Å²) in [5, 5.41) is 11.0. The molecule has 0 amide bonds. The van der Waals surface area contributed by atoms with Crippen molar-refractivity contribution in [3.05, 3.63) is 57.8 Å². The summed E-state index contributed by atoms with van der Waals surface area (Å²) in [4.78, 5) is 14.6. The first-order chi connectivity index (χ1) is 10.2. The maximum atomic E-state index is 11.0. The van der Waals surface area contributed by atoms with Gasteiger partial charge in [-0.3, -0.25) is 10.1 Å². The Balaban J connectivity index is 2.24. The number of benzene rings is 1. The molecule has 0 aliphatic heterocycles. The number of aromatic nitrogens is 1. The minimum absolute atomic E-state index is 0.102. The normalized spacial score (nSPS) is 10.2. The highest BCUT2D eigenvalue weighted by molar-refractivity contribution is 5.48. The summed E-state index contributed by atoms with van der Waals surface area (Å²) in [7, 11) is 1.50. The fraction of sp³-hybridized carbons (Fsp3) is 0.214. The van der Waals surface area contributed by atoms with Crippen molar-refractivity contribution < 1.29 is 14.4 Å². The molecule has 1 heterocycles. The number of nitrogens with zero attached hydrogens (tertiary/aromatic N) is 2. The van der Waals surface area contributed by atoms with Crippen LogP contribution in [0.1, 0.15) is 11.1 Å². The summed E-state index contributed by atoms with van der Waals surface area (Å²) in [6.07, 6.45) is 1.60. The minimum Gasteiger partial charge on any atom is -0.482 e. The predicted octanol–water partition coefficient (Wildman–Crippen LogP) is 2.04. The molecule has 110 valence electrons. The first-order valence-electron chi connectivity index (χ1n) is 6.23. The van der Waals surface area contributed by atoms with E-state index in [0.717, 1.165) is 5.56 Å². The van der Waals surface area contributed by atoms with Crippen molar-refractivity contribution >= 4 is 5.69 Å². The number of hydrogen-bond donors (Lipinski definition) is 1. The number of methoxy groups -OCH3 is 1.